The van der Waals surface area contributed by atoms with E-state index in [1.165, 1.54) is 17.0 Å². The standard InChI is InChI=1S/C17H25F2NO/c1-3-5-7-8-12-20(17(21)9-6-4-2)16-11-10-14(18)13-15(16)19/h10-11,13H,3-9,12H2,1-2H3. The lowest BCUT2D eigenvalue weighted by molar-refractivity contribution is -0.118. The monoisotopic (exact) mass is 297 g/mol. The second-order valence-corrected chi connectivity index (χ2v) is 5.31. The largest absolute Gasteiger partial charge is 0.310 e. The zero-order chi connectivity index (χ0) is 15.7. The van der Waals surface area contributed by atoms with Crippen LogP contribution in [0.5, 0.6) is 0 Å². The van der Waals surface area contributed by atoms with Crippen molar-refractivity contribution in [2.45, 2.75) is 58.8 Å². The van der Waals surface area contributed by atoms with Crippen LogP contribution < -0.4 is 4.90 Å². The van der Waals surface area contributed by atoms with Crippen LogP contribution in [0, 0.1) is 11.6 Å². The topological polar surface area (TPSA) is 20.3 Å². The first-order valence-corrected chi connectivity index (χ1v) is 7.85. The van der Waals surface area contributed by atoms with E-state index in [9.17, 15) is 13.6 Å². The molecule has 0 unspecified atom stereocenters. The summed E-state index contributed by atoms with van der Waals surface area (Å²) in [5.74, 6) is -1.38. The van der Waals surface area contributed by atoms with Gasteiger partial charge >= 0.3 is 0 Å². The number of halogens is 2. The number of hydrogen-bond donors (Lipinski definition) is 0. The van der Waals surface area contributed by atoms with Gasteiger partial charge in [-0.25, -0.2) is 8.78 Å². The smallest absolute Gasteiger partial charge is 0.227 e. The molecular formula is C17H25F2NO. The van der Waals surface area contributed by atoms with Crippen LogP contribution in [0.2, 0.25) is 0 Å². The lowest BCUT2D eigenvalue weighted by Crippen LogP contribution is -2.32. The van der Waals surface area contributed by atoms with E-state index in [4.69, 9.17) is 0 Å². The number of rotatable bonds is 9. The van der Waals surface area contributed by atoms with Gasteiger partial charge in [-0.1, -0.05) is 39.5 Å². The Morgan fingerprint density at radius 3 is 2.38 bits per heavy atom. The van der Waals surface area contributed by atoms with Crippen molar-refractivity contribution >= 4 is 11.6 Å². The number of carbonyl (C=O) groups excluding carboxylic acids is 1. The summed E-state index contributed by atoms with van der Waals surface area (Å²) in [6.07, 6.45) is 6.16. The molecule has 118 valence electrons. The van der Waals surface area contributed by atoms with Gasteiger partial charge in [-0.3, -0.25) is 4.79 Å². The molecule has 4 heteroatoms. The maximum atomic E-state index is 13.9. The van der Waals surface area contributed by atoms with Crippen molar-refractivity contribution in [2.75, 3.05) is 11.4 Å². The van der Waals surface area contributed by atoms with Crippen LogP contribution in [0.15, 0.2) is 18.2 Å². The highest BCUT2D eigenvalue weighted by Crippen LogP contribution is 2.22. The van der Waals surface area contributed by atoms with Crippen molar-refractivity contribution in [1.82, 2.24) is 0 Å². The summed E-state index contributed by atoms with van der Waals surface area (Å²) in [5.41, 5.74) is 0.189. The Morgan fingerprint density at radius 1 is 1.05 bits per heavy atom. The molecule has 0 aliphatic heterocycles. The average molecular weight is 297 g/mol. The lowest BCUT2D eigenvalue weighted by Gasteiger charge is -2.23. The van der Waals surface area contributed by atoms with Crippen molar-refractivity contribution in [3.8, 4) is 0 Å². The van der Waals surface area contributed by atoms with E-state index in [1.54, 1.807) is 0 Å². The number of anilines is 1. The molecule has 0 saturated heterocycles. The van der Waals surface area contributed by atoms with Crippen LogP contribution in [0.3, 0.4) is 0 Å². The van der Waals surface area contributed by atoms with E-state index in [1.807, 2.05) is 6.92 Å². The fourth-order valence-corrected chi connectivity index (χ4v) is 2.24. The number of nitrogens with zero attached hydrogens (tertiary/aromatic N) is 1. The van der Waals surface area contributed by atoms with E-state index < -0.39 is 11.6 Å². The van der Waals surface area contributed by atoms with E-state index in [-0.39, 0.29) is 11.6 Å². The maximum Gasteiger partial charge on any atom is 0.227 e. The van der Waals surface area contributed by atoms with Crippen LogP contribution in [-0.4, -0.2) is 12.5 Å². The second-order valence-electron chi connectivity index (χ2n) is 5.31. The van der Waals surface area contributed by atoms with Crippen molar-refractivity contribution in [3.05, 3.63) is 29.8 Å². The molecule has 0 aromatic heterocycles. The Bertz CT molecular complexity index is 448. The maximum absolute atomic E-state index is 13.9. The molecule has 1 amide bonds. The van der Waals surface area contributed by atoms with E-state index in [2.05, 4.69) is 6.92 Å². The fourth-order valence-electron chi connectivity index (χ4n) is 2.24. The van der Waals surface area contributed by atoms with Crippen LogP contribution >= 0.6 is 0 Å². The van der Waals surface area contributed by atoms with E-state index in [0.717, 1.165) is 44.6 Å². The third-order valence-corrected chi connectivity index (χ3v) is 3.48. The van der Waals surface area contributed by atoms with Gasteiger partial charge in [-0.15, -0.1) is 0 Å². The Balaban J connectivity index is 2.81. The summed E-state index contributed by atoms with van der Waals surface area (Å²) in [4.78, 5) is 13.7. The lowest BCUT2D eigenvalue weighted by atomic mass is 10.1. The molecule has 0 fully saturated rings. The van der Waals surface area contributed by atoms with Gasteiger partial charge in [-0.2, -0.15) is 0 Å². The molecule has 1 rings (SSSR count). The highest BCUT2D eigenvalue weighted by molar-refractivity contribution is 5.93. The zero-order valence-corrected chi connectivity index (χ0v) is 13.0. The molecule has 0 saturated carbocycles. The van der Waals surface area contributed by atoms with Gasteiger partial charge in [0.2, 0.25) is 5.91 Å². The average Bonchev–Trinajstić information content (AvgIpc) is 2.46. The SMILES string of the molecule is CCCCCCN(C(=O)CCCC)c1ccc(F)cc1F. The van der Waals surface area contributed by atoms with Gasteiger partial charge in [0.05, 0.1) is 5.69 Å². The normalized spacial score (nSPS) is 10.7. The number of hydrogen-bond acceptors (Lipinski definition) is 1. The predicted octanol–water partition coefficient (Wildman–Crippen LogP) is 5.07. The molecule has 0 radical (unpaired) electrons. The number of benzene rings is 1. The third kappa shape index (κ3) is 5.82. The number of unbranched alkanes of at least 4 members (excludes halogenated alkanes) is 4. The molecule has 1 aromatic carbocycles. The molecule has 0 atom stereocenters. The van der Waals surface area contributed by atoms with Gasteiger partial charge in [-0.05, 0) is 25.0 Å². The molecule has 21 heavy (non-hydrogen) atoms. The van der Waals surface area contributed by atoms with Crippen molar-refractivity contribution in [2.24, 2.45) is 0 Å². The predicted molar refractivity (Wildman–Crippen MR) is 82.4 cm³/mol. The van der Waals surface area contributed by atoms with Gasteiger partial charge in [0.1, 0.15) is 11.6 Å². The molecule has 0 bridgehead atoms. The van der Waals surface area contributed by atoms with Crippen LogP contribution in [0.25, 0.3) is 0 Å². The van der Waals surface area contributed by atoms with Crippen LogP contribution in [-0.2, 0) is 4.79 Å². The quantitative estimate of drug-likeness (QED) is 0.583. The molecular weight excluding hydrogens is 272 g/mol. The van der Waals surface area contributed by atoms with Gasteiger partial charge in [0.25, 0.3) is 0 Å². The summed E-state index contributed by atoms with van der Waals surface area (Å²) in [7, 11) is 0. The van der Waals surface area contributed by atoms with Crippen molar-refractivity contribution in [1.29, 1.82) is 0 Å². The Kier molecular flexibility index (Phi) is 7.95. The molecule has 2 nitrogen and oxygen atoms in total. The van der Waals surface area contributed by atoms with Gasteiger partial charge < -0.3 is 4.90 Å². The summed E-state index contributed by atoms with van der Waals surface area (Å²) < 4.78 is 26.9. The first-order valence-electron chi connectivity index (χ1n) is 7.85. The van der Waals surface area contributed by atoms with Gasteiger partial charge in [0.15, 0.2) is 0 Å². The molecule has 0 spiro atoms. The summed E-state index contributed by atoms with van der Waals surface area (Å²) >= 11 is 0. The van der Waals surface area contributed by atoms with Gasteiger partial charge in [0, 0.05) is 19.0 Å². The highest BCUT2D eigenvalue weighted by Gasteiger charge is 2.18. The number of amides is 1. The van der Waals surface area contributed by atoms with Crippen molar-refractivity contribution < 1.29 is 13.6 Å². The molecule has 0 aliphatic carbocycles. The van der Waals surface area contributed by atoms with Crippen LogP contribution in [0.1, 0.15) is 58.8 Å². The minimum absolute atomic E-state index is 0.0844. The minimum Gasteiger partial charge on any atom is -0.310 e. The molecule has 1 aromatic rings. The van der Waals surface area contributed by atoms with Crippen molar-refractivity contribution in [3.63, 3.8) is 0 Å². The Labute approximate surface area is 126 Å². The summed E-state index contributed by atoms with van der Waals surface area (Å²) in [5, 5.41) is 0. The highest BCUT2D eigenvalue weighted by atomic mass is 19.1. The fraction of sp³-hybridized carbons (Fsp3) is 0.588. The Morgan fingerprint density at radius 2 is 1.76 bits per heavy atom. The molecule has 0 aliphatic rings. The number of carbonyl (C=O) groups is 1. The summed E-state index contributed by atoms with van der Waals surface area (Å²) in [6.45, 7) is 4.62. The molecule has 0 N–H and O–H groups in total. The van der Waals surface area contributed by atoms with Crippen LogP contribution in [0.4, 0.5) is 14.5 Å². The minimum atomic E-state index is -0.671. The zero-order valence-electron chi connectivity index (χ0n) is 13.0. The van der Waals surface area contributed by atoms with E-state index in [0.29, 0.717) is 13.0 Å². The Hall–Kier alpha value is -1.45. The molecule has 0 heterocycles. The van der Waals surface area contributed by atoms with E-state index >= 15 is 0 Å². The summed E-state index contributed by atoms with van der Waals surface area (Å²) in [6, 6.07) is 3.39. The first-order chi connectivity index (χ1) is 10.1. The third-order valence-electron chi connectivity index (χ3n) is 3.48. The first kappa shape index (κ1) is 17.6. The second kappa shape index (κ2) is 9.48.